The molecule has 0 aliphatic carbocycles. The standard InChI is InChI=1S/C15H20N2O3/c1-10-6-11(2)9-16(8-10)13-4-5-15(17(19)20)14(7-13)12(3)18/h4-5,7,10-11H,6,8-9H2,1-3H3. The number of nitro benzene ring substituents is 1. The molecule has 2 unspecified atom stereocenters. The maximum absolute atomic E-state index is 11.6. The van der Waals surface area contributed by atoms with Crippen LogP contribution in [0, 0.1) is 22.0 Å². The second kappa shape index (κ2) is 5.61. The number of ketones is 1. The molecule has 1 aliphatic heterocycles. The van der Waals surface area contributed by atoms with Crippen molar-refractivity contribution in [2.75, 3.05) is 18.0 Å². The summed E-state index contributed by atoms with van der Waals surface area (Å²) in [5.74, 6) is 0.918. The van der Waals surface area contributed by atoms with Crippen LogP contribution in [0.1, 0.15) is 37.6 Å². The van der Waals surface area contributed by atoms with Gasteiger partial charge < -0.3 is 4.90 Å². The highest BCUT2D eigenvalue weighted by molar-refractivity contribution is 5.99. The van der Waals surface area contributed by atoms with Gasteiger partial charge in [-0.15, -0.1) is 0 Å². The first-order valence-corrected chi connectivity index (χ1v) is 6.92. The number of rotatable bonds is 3. The number of anilines is 1. The predicted octanol–water partition coefficient (Wildman–Crippen LogP) is 3.28. The van der Waals surface area contributed by atoms with Gasteiger partial charge in [-0.05, 0) is 37.3 Å². The van der Waals surface area contributed by atoms with Gasteiger partial charge in [0.25, 0.3) is 5.69 Å². The summed E-state index contributed by atoms with van der Waals surface area (Å²) in [5, 5.41) is 11.0. The van der Waals surface area contributed by atoms with Gasteiger partial charge in [0.1, 0.15) is 0 Å². The molecule has 0 amide bonds. The van der Waals surface area contributed by atoms with Gasteiger partial charge in [-0.3, -0.25) is 14.9 Å². The molecule has 1 aliphatic rings. The maximum Gasteiger partial charge on any atom is 0.280 e. The van der Waals surface area contributed by atoms with E-state index in [2.05, 4.69) is 18.7 Å². The summed E-state index contributed by atoms with van der Waals surface area (Å²) < 4.78 is 0. The van der Waals surface area contributed by atoms with E-state index in [1.165, 1.54) is 19.4 Å². The van der Waals surface area contributed by atoms with E-state index in [4.69, 9.17) is 0 Å². The fourth-order valence-electron chi connectivity index (χ4n) is 3.04. The van der Waals surface area contributed by atoms with Crippen LogP contribution >= 0.6 is 0 Å². The fourth-order valence-corrected chi connectivity index (χ4v) is 3.04. The molecule has 5 heteroatoms. The zero-order chi connectivity index (χ0) is 14.9. The third-order valence-corrected chi connectivity index (χ3v) is 3.79. The van der Waals surface area contributed by atoms with E-state index in [0.29, 0.717) is 11.8 Å². The summed E-state index contributed by atoms with van der Waals surface area (Å²) in [5.41, 5.74) is 0.983. The molecule has 0 bridgehead atoms. The van der Waals surface area contributed by atoms with E-state index in [-0.39, 0.29) is 17.0 Å². The molecule has 2 rings (SSSR count). The van der Waals surface area contributed by atoms with Crippen molar-refractivity contribution in [3.05, 3.63) is 33.9 Å². The van der Waals surface area contributed by atoms with Crippen LogP contribution in [0.15, 0.2) is 18.2 Å². The third kappa shape index (κ3) is 2.98. The smallest absolute Gasteiger partial charge is 0.280 e. The van der Waals surface area contributed by atoms with Crippen molar-refractivity contribution in [2.45, 2.75) is 27.2 Å². The van der Waals surface area contributed by atoms with E-state index in [1.54, 1.807) is 12.1 Å². The van der Waals surface area contributed by atoms with Crippen LogP contribution in [0.3, 0.4) is 0 Å². The van der Waals surface area contributed by atoms with Crippen molar-refractivity contribution in [1.82, 2.24) is 0 Å². The molecule has 5 nitrogen and oxygen atoms in total. The highest BCUT2D eigenvalue weighted by Gasteiger charge is 2.24. The van der Waals surface area contributed by atoms with Crippen molar-refractivity contribution in [1.29, 1.82) is 0 Å². The van der Waals surface area contributed by atoms with Crippen LogP contribution < -0.4 is 4.90 Å². The van der Waals surface area contributed by atoms with E-state index in [9.17, 15) is 14.9 Å². The van der Waals surface area contributed by atoms with Crippen LogP contribution in [0.5, 0.6) is 0 Å². The molecule has 0 spiro atoms. The molecule has 0 saturated carbocycles. The predicted molar refractivity (Wildman–Crippen MR) is 78.3 cm³/mol. The Kier molecular flexibility index (Phi) is 4.06. The summed E-state index contributed by atoms with van der Waals surface area (Å²) in [6.45, 7) is 7.65. The topological polar surface area (TPSA) is 63.5 Å². The SMILES string of the molecule is CC(=O)c1cc(N2CC(C)CC(C)C2)ccc1[N+](=O)[O-]. The van der Waals surface area contributed by atoms with Gasteiger partial charge in [0.2, 0.25) is 0 Å². The van der Waals surface area contributed by atoms with Crippen molar-refractivity contribution in [3.63, 3.8) is 0 Å². The number of benzene rings is 1. The van der Waals surface area contributed by atoms with Gasteiger partial charge in [0, 0.05) is 24.8 Å². The molecule has 1 aromatic carbocycles. The number of piperidine rings is 1. The lowest BCUT2D eigenvalue weighted by Gasteiger charge is -2.36. The number of hydrogen-bond donors (Lipinski definition) is 0. The number of carbonyl (C=O) groups excluding carboxylic acids is 1. The van der Waals surface area contributed by atoms with Crippen molar-refractivity contribution in [2.24, 2.45) is 11.8 Å². The fraction of sp³-hybridized carbons (Fsp3) is 0.533. The minimum atomic E-state index is -0.498. The van der Waals surface area contributed by atoms with Gasteiger partial charge in [-0.2, -0.15) is 0 Å². The molecule has 1 aromatic rings. The first kappa shape index (κ1) is 14.5. The molecule has 0 N–H and O–H groups in total. The van der Waals surface area contributed by atoms with Crippen LogP contribution in [0.2, 0.25) is 0 Å². The molecule has 0 radical (unpaired) electrons. The average molecular weight is 276 g/mol. The second-order valence-electron chi connectivity index (χ2n) is 5.87. The molecule has 1 heterocycles. The monoisotopic (exact) mass is 276 g/mol. The van der Waals surface area contributed by atoms with Gasteiger partial charge in [-0.1, -0.05) is 13.8 Å². The summed E-state index contributed by atoms with van der Waals surface area (Å²) in [6.07, 6.45) is 1.20. The lowest BCUT2D eigenvalue weighted by molar-refractivity contribution is -0.385. The molecular formula is C15H20N2O3. The summed E-state index contributed by atoms with van der Waals surface area (Å²) in [7, 11) is 0. The summed E-state index contributed by atoms with van der Waals surface area (Å²) in [6, 6.07) is 4.84. The van der Waals surface area contributed by atoms with Crippen LogP contribution in [-0.2, 0) is 0 Å². The van der Waals surface area contributed by atoms with Crippen molar-refractivity contribution in [3.8, 4) is 0 Å². The molecule has 20 heavy (non-hydrogen) atoms. The quantitative estimate of drug-likeness (QED) is 0.483. The normalized spacial score (nSPS) is 22.6. The van der Waals surface area contributed by atoms with Crippen molar-refractivity contribution >= 4 is 17.2 Å². The largest absolute Gasteiger partial charge is 0.371 e. The number of carbonyl (C=O) groups is 1. The lowest BCUT2D eigenvalue weighted by Crippen LogP contribution is -2.38. The molecular weight excluding hydrogens is 256 g/mol. The Hall–Kier alpha value is -1.91. The van der Waals surface area contributed by atoms with Gasteiger partial charge in [0.15, 0.2) is 5.78 Å². The molecule has 2 atom stereocenters. The first-order valence-electron chi connectivity index (χ1n) is 6.92. The lowest BCUT2D eigenvalue weighted by atomic mass is 9.91. The first-order chi connectivity index (χ1) is 9.38. The van der Waals surface area contributed by atoms with Crippen molar-refractivity contribution < 1.29 is 9.72 Å². The zero-order valence-electron chi connectivity index (χ0n) is 12.1. The number of Topliss-reactive ketones (excluding diaryl/α,β-unsaturated/α-hetero) is 1. The molecule has 108 valence electrons. The Balaban J connectivity index is 2.36. The summed E-state index contributed by atoms with van der Waals surface area (Å²) >= 11 is 0. The molecule has 1 fully saturated rings. The summed E-state index contributed by atoms with van der Waals surface area (Å²) in [4.78, 5) is 24.3. The van der Waals surface area contributed by atoms with E-state index < -0.39 is 4.92 Å². The maximum atomic E-state index is 11.6. The molecule has 1 saturated heterocycles. The van der Waals surface area contributed by atoms with E-state index in [1.807, 2.05) is 0 Å². The van der Waals surface area contributed by atoms with Crippen LogP contribution in [0.25, 0.3) is 0 Å². The minimum absolute atomic E-state index is 0.112. The molecule has 0 aromatic heterocycles. The highest BCUT2D eigenvalue weighted by atomic mass is 16.6. The zero-order valence-corrected chi connectivity index (χ0v) is 12.1. The number of nitrogens with zero attached hydrogens (tertiary/aromatic N) is 2. The van der Waals surface area contributed by atoms with Gasteiger partial charge in [0.05, 0.1) is 10.5 Å². The average Bonchev–Trinajstić information content (AvgIpc) is 2.36. The van der Waals surface area contributed by atoms with E-state index in [0.717, 1.165) is 18.8 Å². The number of hydrogen-bond acceptors (Lipinski definition) is 4. The van der Waals surface area contributed by atoms with Crippen LogP contribution in [0.4, 0.5) is 11.4 Å². The Morgan fingerprint density at radius 3 is 2.40 bits per heavy atom. The Labute approximate surface area is 118 Å². The Bertz CT molecular complexity index is 532. The number of nitro groups is 1. The third-order valence-electron chi connectivity index (χ3n) is 3.79. The Morgan fingerprint density at radius 1 is 1.30 bits per heavy atom. The van der Waals surface area contributed by atoms with E-state index >= 15 is 0 Å². The van der Waals surface area contributed by atoms with Crippen LogP contribution in [-0.4, -0.2) is 23.8 Å². The Morgan fingerprint density at radius 2 is 1.90 bits per heavy atom. The minimum Gasteiger partial charge on any atom is -0.371 e. The highest BCUT2D eigenvalue weighted by Crippen LogP contribution is 2.30. The second-order valence-corrected chi connectivity index (χ2v) is 5.87. The van der Waals surface area contributed by atoms with Gasteiger partial charge >= 0.3 is 0 Å². The van der Waals surface area contributed by atoms with Gasteiger partial charge in [-0.25, -0.2) is 0 Å².